The van der Waals surface area contributed by atoms with Crippen molar-refractivity contribution in [1.29, 1.82) is 0 Å². The Morgan fingerprint density at radius 2 is 1.60 bits per heavy atom. The summed E-state index contributed by atoms with van der Waals surface area (Å²) >= 11 is 0. The molecule has 1 aliphatic heterocycles. The fourth-order valence-electron chi connectivity index (χ4n) is 3.30. The normalized spacial score (nSPS) is 15.0. The maximum Gasteiger partial charge on any atom is 0.275 e. The molecule has 30 heavy (non-hydrogen) atoms. The molecule has 154 valence electrons. The van der Waals surface area contributed by atoms with E-state index < -0.39 is 15.9 Å². The zero-order valence-corrected chi connectivity index (χ0v) is 17.0. The first-order chi connectivity index (χ1) is 14.5. The van der Waals surface area contributed by atoms with Gasteiger partial charge in [0.15, 0.2) is 0 Å². The average Bonchev–Trinajstić information content (AvgIpc) is 2.81. The summed E-state index contributed by atoms with van der Waals surface area (Å²) in [7, 11) is -3.59. The van der Waals surface area contributed by atoms with Gasteiger partial charge in [-0.3, -0.25) is 9.78 Å². The Hall–Kier alpha value is -3.30. The van der Waals surface area contributed by atoms with Crippen LogP contribution in [0.2, 0.25) is 0 Å². The van der Waals surface area contributed by atoms with Crippen molar-refractivity contribution in [2.24, 2.45) is 0 Å². The molecule has 1 amide bonds. The highest BCUT2D eigenvalue weighted by molar-refractivity contribution is 7.89. The van der Waals surface area contributed by atoms with Gasteiger partial charge in [0.05, 0.1) is 11.1 Å². The van der Waals surface area contributed by atoms with Crippen LogP contribution in [0.25, 0.3) is 0 Å². The lowest BCUT2D eigenvalue weighted by molar-refractivity contribution is 0.102. The number of hydrogen-bond donors (Lipinski definition) is 1. The number of carbonyl (C=O) groups excluding carboxylic acids is 1. The molecule has 4 rings (SSSR count). The van der Waals surface area contributed by atoms with Gasteiger partial charge in [-0.2, -0.15) is 4.31 Å². The van der Waals surface area contributed by atoms with Crippen LogP contribution in [0.4, 0.5) is 11.4 Å². The molecule has 1 fully saturated rings. The Morgan fingerprint density at radius 3 is 2.23 bits per heavy atom. The van der Waals surface area contributed by atoms with Crippen LogP contribution in [0.15, 0.2) is 78.1 Å². The minimum absolute atomic E-state index is 0.186. The first-order valence-corrected chi connectivity index (χ1v) is 11.0. The predicted octanol–water partition coefficient (Wildman–Crippen LogP) is 2.24. The van der Waals surface area contributed by atoms with E-state index in [1.165, 1.54) is 35.0 Å². The summed E-state index contributed by atoms with van der Waals surface area (Å²) in [6.45, 7) is 2.11. The van der Waals surface area contributed by atoms with Crippen molar-refractivity contribution in [3.8, 4) is 0 Å². The van der Waals surface area contributed by atoms with E-state index in [1.54, 1.807) is 12.1 Å². The van der Waals surface area contributed by atoms with E-state index in [1.807, 2.05) is 30.3 Å². The number of hydrogen-bond acceptors (Lipinski definition) is 6. The predicted molar refractivity (Wildman–Crippen MR) is 114 cm³/mol. The highest BCUT2D eigenvalue weighted by atomic mass is 32.2. The fraction of sp³-hybridized carbons (Fsp3) is 0.190. The quantitative estimate of drug-likeness (QED) is 0.676. The summed E-state index contributed by atoms with van der Waals surface area (Å²) in [5.41, 5.74) is 1.77. The van der Waals surface area contributed by atoms with Crippen molar-refractivity contribution in [1.82, 2.24) is 14.3 Å². The molecule has 2 aromatic carbocycles. The monoisotopic (exact) mass is 423 g/mol. The molecule has 8 nitrogen and oxygen atoms in total. The summed E-state index contributed by atoms with van der Waals surface area (Å²) in [4.78, 5) is 22.3. The van der Waals surface area contributed by atoms with Crippen molar-refractivity contribution in [3.63, 3.8) is 0 Å². The van der Waals surface area contributed by atoms with E-state index in [-0.39, 0.29) is 10.6 Å². The lowest BCUT2D eigenvalue weighted by Crippen LogP contribution is -2.48. The van der Waals surface area contributed by atoms with Gasteiger partial charge in [-0.1, -0.05) is 18.2 Å². The number of benzene rings is 2. The number of anilines is 2. The van der Waals surface area contributed by atoms with Crippen LogP contribution >= 0.6 is 0 Å². The number of nitrogens with zero attached hydrogens (tertiary/aromatic N) is 4. The molecule has 3 aromatic rings. The van der Waals surface area contributed by atoms with Gasteiger partial charge in [-0.05, 0) is 36.4 Å². The van der Waals surface area contributed by atoms with Gasteiger partial charge in [-0.15, -0.1) is 0 Å². The molecular weight excluding hydrogens is 402 g/mol. The van der Waals surface area contributed by atoms with Crippen molar-refractivity contribution in [2.45, 2.75) is 4.90 Å². The number of amides is 1. The van der Waals surface area contributed by atoms with Gasteiger partial charge in [0.25, 0.3) is 5.91 Å². The average molecular weight is 423 g/mol. The minimum atomic E-state index is -3.59. The Bertz CT molecular complexity index is 1100. The second kappa shape index (κ2) is 8.60. The third kappa shape index (κ3) is 4.32. The van der Waals surface area contributed by atoms with Gasteiger partial charge in [0, 0.05) is 49.9 Å². The van der Waals surface area contributed by atoms with Crippen LogP contribution in [0.5, 0.6) is 0 Å². The molecule has 0 saturated carbocycles. The number of piperazine rings is 1. The first-order valence-electron chi connectivity index (χ1n) is 9.51. The maximum atomic E-state index is 13.0. The van der Waals surface area contributed by atoms with Crippen LogP contribution in [0.3, 0.4) is 0 Å². The first kappa shape index (κ1) is 20.0. The summed E-state index contributed by atoms with van der Waals surface area (Å²) in [5, 5.41) is 2.68. The molecule has 9 heteroatoms. The number of rotatable bonds is 5. The zero-order chi connectivity index (χ0) is 21.0. The topological polar surface area (TPSA) is 95.5 Å². The van der Waals surface area contributed by atoms with Gasteiger partial charge in [0.1, 0.15) is 5.69 Å². The Balaban J connectivity index is 1.40. The molecule has 0 atom stereocenters. The van der Waals surface area contributed by atoms with Crippen molar-refractivity contribution in [3.05, 3.63) is 78.9 Å². The molecule has 0 radical (unpaired) electrons. The Kier molecular flexibility index (Phi) is 5.73. The minimum Gasteiger partial charge on any atom is -0.369 e. The van der Waals surface area contributed by atoms with E-state index in [4.69, 9.17) is 0 Å². The van der Waals surface area contributed by atoms with E-state index in [0.717, 1.165) is 5.69 Å². The third-order valence-electron chi connectivity index (χ3n) is 4.91. The van der Waals surface area contributed by atoms with Crippen LogP contribution in [-0.4, -0.2) is 54.8 Å². The molecule has 2 heterocycles. The molecule has 0 spiro atoms. The second-order valence-corrected chi connectivity index (χ2v) is 8.73. The lowest BCUT2D eigenvalue weighted by atomic mass is 10.2. The van der Waals surface area contributed by atoms with E-state index >= 15 is 0 Å². The molecule has 1 aliphatic rings. The number of para-hydroxylation sites is 1. The summed E-state index contributed by atoms with van der Waals surface area (Å²) in [6.07, 6.45) is 4.28. The second-order valence-electron chi connectivity index (χ2n) is 6.80. The van der Waals surface area contributed by atoms with Gasteiger partial charge in [0.2, 0.25) is 10.0 Å². The molecule has 0 unspecified atom stereocenters. The van der Waals surface area contributed by atoms with E-state index in [0.29, 0.717) is 31.9 Å². The number of sulfonamides is 1. The Morgan fingerprint density at radius 1 is 0.900 bits per heavy atom. The van der Waals surface area contributed by atoms with Crippen LogP contribution in [0, 0.1) is 0 Å². The molecule has 0 aliphatic carbocycles. The molecule has 0 bridgehead atoms. The third-order valence-corrected chi connectivity index (χ3v) is 6.82. The summed E-state index contributed by atoms with van der Waals surface area (Å²) < 4.78 is 27.5. The van der Waals surface area contributed by atoms with Crippen LogP contribution in [0.1, 0.15) is 10.5 Å². The molecule has 1 aromatic heterocycles. The van der Waals surface area contributed by atoms with E-state index in [2.05, 4.69) is 20.2 Å². The molecule has 1 N–H and O–H groups in total. The molecule has 1 saturated heterocycles. The number of nitrogens with one attached hydrogen (secondary N) is 1. The van der Waals surface area contributed by atoms with Crippen molar-refractivity contribution >= 4 is 27.3 Å². The molecular formula is C21H21N5O3S. The van der Waals surface area contributed by atoms with Crippen LogP contribution in [-0.2, 0) is 10.0 Å². The Labute approximate surface area is 175 Å². The fourth-order valence-corrected chi connectivity index (χ4v) is 4.72. The van der Waals surface area contributed by atoms with Crippen molar-refractivity contribution in [2.75, 3.05) is 36.4 Å². The smallest absolute Gasteiger partial charge is 0.275 e. The summed E-state index contributed by atoms with van der Waals surface area (Å²) in [5.74, 6) is -0.407. The highest BCUT2D eigenvalue weighted by Crippen LogP contribution is 2.22. The number of aromatic nitrogens is 2. The SMILES string of the molecule is O=C(Nc1ccc(S(=O)(=O)N2CCN(c3ccccc3)CC2)cc1)c1cnccn1. The van der Waals surface area contributed by atoms with Gasteiger partial charge in [-0.25, -0.2) is 13.4 Å². The van der Waals surface area contributed by atoms with Crippen molar-refractivity contribution < 1.29 is 13.2 Å². The lowest BCUT2D eigenvalue weighted by Gasteiger charge is -2.35. The standard InChI is InChI=1S/C21H21N5O3S/c27-21(20-16-22-10-11-23-20)24-17-6-8-19(9-7-17)30(28,29)26-14-12-25(13-15-26)18-4-2-1-3-5-18/h1-11,16H,12-15H2,(H,24,27). The zero-order valence-electron chi connectivity index (χ0n) is 16.2. The van der Waals surface area contributed by atoms with E-state index in [9.17, 15) is 13.2 Å². The highest BCUT2D eigenvalue weighted by Gasteiger charge is 2.28. The largest absolute Gasteiger partial charge is 0.369 e. The maximum absolute atomic E-state index is 13.0. The van der Waals surface area contributed by atoms with Gasteiger partial charge >= 0.3 is 0 Å². The number of carbonyl (C=O) groups is 1. The van der Waals surface area contributed by atoms with Crippen LogP contribution < -0.4 is 10.2 Å². The summed E-state index contributed by atoms with van der Waals surface area (Å²) in [6, 6.07) is 16.1. The van der Waals surface area contributed by atoms with Gasteiger partial charge < -0.3 is 10.2 Å².